The highest BCUT2D eigenvalue weighted by Crippen LogP contribution is 2.08. The van der Waals surface area contributed by atoms with Gasteiger partial charge in [0.05, 0.1) is 0 Å². The molecule has 0 rings (SSSR count). The van der Waals surface area contributed by atoms with E-state index in [9.17, 15) is 0 Å². The van der Waals surface area contributed by atoms with Crippen LogP contribution in [0.5, 0.6) is 0 Å². The number of rotatable bonds is 5. The third-order valence-corrected chi connectivity index (χ3v) is 1.97. The summed E-state index contributed by atoms with van der Waals surface area (Å²) < 4.78 is 0. The summed E-state index contributed by atoms with van der Waals surface area (Å²) in [5.74, 6) is 0.962. The summed E-state index contributed by atoms with van der Waals surface area (Å²) in [5.41, 5.74) is 0. The average molecular weight is 159 g/mol. The van der Waals surface area contributed by atoms with E-state index in [0.29, 0.717) is 17.9 Å². The summed E-state index contributed by atoms with van der Waals surface area (Å²) in [7, 11) is 0. The quantitative estimate of drug-likeness (QED) is 0.633. The fraction of sp³-hybridized carbons (Fsp3) is 1.00. The van der Waals surface area contributed by atoms with Gasteiger partial charge in [-0.1, -0.05) is 27.7 Å². The summed E-state index contributed by atoms with van der Waals surface area (Å²) in [6.07, 6.45) is 0. The van der Waals surface area contributed by atoms with Crippen molar-refractivity contribution in [2.75, 3.05) is 13.2 Å². The minimum atomic E-state index is 0.289. The molecule has 0 aliphatic carbocycles. The molecule has 0 aromatic rings. The van der Waals surface area contributed by atoms with Crippen LogP contribution < -0.4 is 5.32 Å². The molecule has 0 bridgehead atoms. The molecule has 0 aliphatic heterocycles. The highest BCUT2D eigenvalue weighted by atomic mass is 16.3. The van der Waals surface area contributed by atoms with E-state index in [1.54, 1.807) is 0 Å². The van der Waals surface area contributed by atoms with E-state index in [4.69, 9.17) is 5.11 Å². The van der Waals surface area contributed by atoms with E-state index in [2.05, 4.69) is 33.0 Å². The van der Waals surface area contributed by atoms with E-state index in [1.807, 2.05) is 0 Å². The normalized spacial score (nSPS) is 14.5. The Hall–Kier alpha value is -0.0800. The van der Waals surface area contributed by atoms with Gasteiger partial charge in [0.1, 0.15) is 0 Å². The van der Waals surface area contributed by atoms with Crippen molar-refractivity contribution in [3.8, 4) is 0 Å². The van der Waals surface area contributed by atoms with Gasteiger partial charge in [-0.05, 0) is 11.8 Å². The molecule has 68 valence electrons. The molecule has 0 saturated heterocycles. The maximum atomic E-state index is 8.97. The van der Waals surface area contributed by atoms with Crippen LogP contribution in [-0.4, -0.2) is 24.3 Å². The minimum Gasteiger partial charge on any atom is -0.396 e. The average Bonchev–Trinajstić information content (AvgIpc) is 1.87. The van der Waals surface area contributed by atoms with E-state index in [-0.39, 0.29) is 6.61 Å². The van der Waals surface area contributed by atoms with Crippen molar-refractivity contribution in [2.24, 2.45) is 11.8 Å². The molecule has 0 saturated carbocycles. The van der Waals surface area contributed by atoms with Crippen molar-refractivity contribution in [2.45, 2.75) is 33.7 Å². The Bertz CT molecular complexity index is 91.6. The monoisotopic (exact) mass is 159 g/mol. The predicted molar refractivity (Wildman–Crippen MR) is 48.6 cm³/mol. The molecule has 0 aromatic heterocycles. The second-order valence-corrected chi connectivity index (χ2v) is 3.75. The zero-order valence-electron chi connectivity index (χ0n) is 8.09. The summed E-state index contributed by atoms with van der Waals surface area (Å²) >= 11 is 0. The molecule has 0 radical (unpaired) electrons. The van der Waals surface area contributed by atoms with Gasteiger partial charge in [-0.15, -0.1) is 0 Å². The number of hydrogen-bond acceptors (Lipinski definition) is 2. The molecule has 1 unspecified atom stereocenters. The summed E-state index contributed by atoms with van der Waals surface area (Å²) in [6.45, 7) is 9.73. The number of aliphatic hydroxyl groups is 1. The second-order valence-electron chi connectivity index (χ2n) is 3.75. The number of nitrogens with one attached hydrogen (secondary N) is 1. The molecule has 0 aromatic carbocycles. The Morgan fingerprint density at radius 1 is 1.18 bits per heavy atom. The smallest absolute Gasteiger partial charge is 0.0473 e. The fourth-order valence-electron chi connectivity index (χ4n) is 0.898. The second kappa shape index (κ2) is 5.56. The van der Waals surface area contributed by atoms with Crippen molar-refractivity contribution in [1.82, 2.24) is 5.32 Å². The van der Waals surface area contributed by atoms with E-state index >= 15 is 0 Å². The van der Waals surface area contributed by atoms with E-state index in [1.165, 1.54) is 0 Å². The molecule has 0 aliphatic rings. The number of hydrogen-bond donors (Lipinski definition) is 2. The Labute approximate surface area is 70.0 Å². The Morgan fingerprint density at radius 3 is 2.00 bits per heavy atom. The summed E-state index contributed by atoms with van der Waals surface area (Å²) in [4.78, 5) is 0. The first-order valence-corrected chi connectivity index (χ1v) is 4.42. The predicted octanol–water partition coefficient (Wildman–Crippen LogP) is 1.25. The van der Waals surface area contributed by atoms with Crippen LogP contribution in [0, 0.1) is 11.8 Å². The van der Waals surface area contributed by atoms with Gasteiger partial charge in [0.15, 0.2) is 0 Å². The van der Waals surface area contributed by atoms with Gasteiger partial charge in [-0.25, -0.2) is 0 Å². The van der Waals surface area contributed by atoms with Crippen LogP contribution in [0.1, 0.15) is 27.7 Å². The van der Waals surface area contributed by atoms with Crippen LogP contribution in [0.15, 0.2) is 0 Å². The van der Waals surface area contributed by atoms with Crippen molar-refractivity contribution < 1.29 is 5.11 Å². The lowest BCUT2D eigenvalue weighted by atomic mass is 9.97. The zero-order valence-corrected chi connectivity index (χ0v) is 8.09. The summed E-state index contributed by atoms with van der Waals surface area (Å²) in [6, 6.07) is 0.516. The van der Waals surface area contributed by atoms with Gasteiger partial charge in [-0.3, -0.25) is 0 Å². The summed E-state index contributed by atoms with van der Waals surface area (Å²) in [5, 5.41) is 12.3. The van der Waals surface area contributed by atoms with Crippen molar-refractivity contribution in [3.63, 3.8) is 0 Å². The van der Waals surface area contributed by atoms with E-state index < -0.39 is 0 Å². The molecular weight excluding hydrogens is 138 g/mol. The molecule has 1 atom stereocenters. The van der Waals surface area contributed by atoms with Crippen molar-refractivity contribution in [1.29, 1.82) is 0 Å². The van der Waals surface area contributed by atoms with E-state index in [0.717, 1.165) is 6.54 Å². The van der Waals surface area contributed by atoms with Crippen LogP contribution >= 0.6 is 0 Å². The number of aliphatic hydroxyl groups excluding tert-OH is 1. The minimum absolute atomic E-state index is 0.289. The third kappa shape index (κ3) is 5.22. The maximum absolute atomic E-state index is 8.97. The molecule has 0 spiro atoms. The standard InChI is InChI=1S/C9H21NO/c1-7(2)9(6-11)5-10-8(3)4/h7-11H,5-6H2,1-4H3. The van der Waals surface area contributed by atoms with Crippen LogP contribution in [0.25, 0.3) is 0 Å². The van der Waals surface area contributed by atoms with Crippen LogP contribution in [0.2, 0.25) is 0 Å². The van der Waals surface area contributed by atoms with Crippen LogP contribution in [-0.2, 0) is 0 Å². The van der Waals surface area contributed by atoms with Gasteiger partial charge < -0.3 is 10.4 Å². The van der Waals surface area contributed by atoms with Crippen LogP contribution in [0.3, 0.4) is 0 Å². The van der Waals surface area contributed by atoms with Crippen LogP contribution in [0.4, 0.5) is 0 Å². The highest BCUT2D eigenvalue weighted by Gasteiger charge is 2.11. The molecule has 0 heterocycles. The van der Waals surface area contributed by atoms with Gasteiger partial charge >= 0.3 is 0 Å². The molecule has 0 amide bonds. The maximum Gasteiger partial charge on any atom is 0.0473 e. The molecule has 11 heavy (non-hydrogen) atoms. The SMILES string of the molecule is CC(C)NCC(CO)C(C)C. The molecule has 2 N–H and O–H groups in total. The lowest BCUT2D eigenvalue weighted by Crippen LogP contribution is -2.32. The van der Waals surface area contributed by atoms with Gasteiger partial charge in [0, 0.05) is 19.2 Å². The topological polar surface area (TPSA) is 32.3 Å². The lowest BCUT2D eigenvalue weighted by molar-refractivity contribution is 0.184. The lowest BCUT2D eigenvalue weighted by Gasteiger charge is -2.20. The Kier molecular flexibility index (Phi) is 5.51. The fourth-order valence-corrected chi connectivity index (χ4v) is 0.898. The highest BCUT2D eigenvalue weighted by molar-refractivity contribution is 4.65. The first-order valence-electron chi connectivity index (χ1n) is 4.42. The van der Waals surface area contributed by atoms with Crippen molar-refractivity contribution in [3.05, 3.63) is 0 Å². The van der Waals surface area contributed by atoms with Gasteiger partial charge in [0.25, 0.3) is 0 Å². The molecule has 2 heteroatoms. The Balaban J connectivity index is 3.52. The first-order chi connectivity index (χ1) is 5.07. The van der Waals surface area contributed by atoms with Gasteiger partial charge in [0.2, 0.25) is 0 Å². The zero-order chi connectivity index (χ0) is 8.85. The third-order valence-electron chi connectivity index (χ3n) is 1.97. The first kappa shape index (κ1) is 10.9. The molecular formula is C9H21NO. The van der Waals surface area contributed by atoms with Gasteiger partial charge in [-0.2, -0.15) is 0 Å². The van der Waals surface area contributed by atoms with Crippen molar-refractivity contribution >= 4 is 0 Å². The molecule has 0 fully saturated rings. The molecule has 2 nitrogen and oxygen atoms in total. The Morgan fingerprint density at radius 2 is 1.73 bits per heavy atom. The largest absolute Gasteiger partial charge is 0.396 e.